The number of nitrogens with zero attached hydrogens (tertiary/aromatic N) is 2. The molecule has 1 saturated heterocycles. The minimum absolute atomic E-state index is 0.202. The van der Waals surface area contributed by atoms with E-state index in [4.69, 9.17) is 11.6 Å². The van der Waals surface area contributed by atoms with Crippen molar-refractivity contribution in [1.82, 2.24) is 10.2 Å². The van der Waals surface area contributed by atoms with Crippen LogP contribution < -0.4 is 9.62 Å². The Morgan fingerprint density at radius 2 is 1.84 bits per heavy atom. The molecular weight excluding hydrogens is 513 g/mol. The molecule has 1 aliphatic carbocycles. The normalized spacial score (nSPS) is 23.7. The molecule has 2 atom stereocenters. The number of anilines is 1. The molecule has 9 heteroatoms. The molecule has 1 N–H and O–H groups in total. The highest BCUT2D eigenvalue weighted by molar-refractivity contribution is 7.94. The molecule has 2 aliphatic heterocycles. The van der Waals surface area contributed by atoms with Crippen molar-refractivity contribution in [2.75, 3.05) is 30.5 Å². The Morgan fingerprint density at radius 1 is 1.11 bits per heavy atom. The van der Waals surface area contributed by atoms with Crippen molar-refractivity contribution in [2.24, 2.45) is 0 Å². The molecule has 0 saturated carbocycles. The highest BCUT2D eigenvalue weighted by atomic mass is 35.5. The molecule has 2 heterocycles. The molecule has 0 spiro atoms. The van der Waals surface area contributed by atoms with E-state index in [-0.39, 0.29) is 12.8 Å². The summed E-state index contributed by atoms with van der Waals surface area (Å²) in [6.07, 6.45) is 7.09. The maximum absolute atomic E-state index is 16.3. The molecule has 6 nitrogen and oxygen atoms in total. The second-order valence-corrected chi connectivity index (χ2v) is 12.2. The van der Waals surface area contributed by atoms with E-state index in [0.29, 0.717) is 34.0 Å². The summed E-state index contributed by atoms with van der Waals surface area (Å²) in [5.74, 6) is -0.406. The van der Waals surface area contributed by atoms with Gasteiger partial charge >= 0.3 is 0 Å². The fourth-order valence-electron chi connectivity index (χ4n) is 5.34. The van der Waals surface area contributed by atoms with Gasteiger partial charge in [0.05, 0.1) is 5.69 Å². The summed E-state index contributed by atoms with van der Waals surface area (Å²) in [6, 6.07) is 13.0. The third-order valence-electron chi connectivity index (χ3n) is 7.36. The minimum atomic E-state index is -4.60. The van der Waals surface area contributed by atoms with E-state index in [2.05, 4.69) is 10.2 Å². The number of alkyl halides is 1. The van der Waals surface area contributed by atoms with Crippen LogP contribution in [0.4, 0.5) is 10.1 Å². The van der Waals surface area contributed by atoms with Crippen LogP contribution in [0.2, 0.25) is 5.02 Å². The second-order valence-electron chi connectivity index (χ2n) is 9.81. The molecule has 3 aliphatic rings. The van der Waals surface area contributed by atoms with E-state index in [1.54, 1.807) is 48.5 Å². The Morgan fingerprint density at radius 3 is 2.57 bits per heavy atom. The number of allylic oxidation sites excluding steroid dienone is 3. The summed E-state index contributed by atoms with van der Waals surface area (Å²) in [4.78, 5) is 15.6. The van der Waals surface area contributed by atoms with Gasteiger partial charge in [-0.2, -0.15) is 0 Å². The lowest BCUT2D eigenvalue weighted by atomic mass is 9.98. The van der Waals surface area contributed by atoms with Gasteiger partial charge in [-0.1, -0.05) is 60.2 Å². The van der Waals surface area contributed by atoms with Crippen molar-refractivity contribution >= 4 is 38.8 Å². The number of carbonyl (C=O) groups excluding carboxylic acids is 1. The second kappa shape index (κ2) is 10.6. The van der Waals surface area contributed by atoms with Gasteiger partial charge in [0.25, 0.3) is 15.0 Å². The average Bonchev–Trinajstić information content (AvgIpc) is 3.55. The SMILES string of the molecule is O=C(NCCCN1CCCC1)[C@@H]1Cc2ccccc2N1S(=O)(=O)C1(F)C=CC(c2ccccc2Cl)=CC1. The van der Waals surface area contributed by atoms with Gasteiger partial charge in [0.1, 0.15) is 6.04 Å². The Labute approximate surface area is 222 Å². The number of rotatable bonds is 8. The summed E-state index contributed by atoms with van der Waals surface area (Å²) >= 11 is 6.28. The monoisotopic (exact) mass is 543 g/mol. The minimum Gasteiger partial charge on any atom is -0.354 e. The van der Waals surface area contributed by atoms with Crippen LogP contribution >= 0.6 is 11.6 Å². The maximum Gasteiger partial charge on any atom is 0.275 e. The maximum atomic E-state index is 16.3. The summed E-state index contributed by atoms with van der Waals surface area (Å²) < 4.78 is 45.0. The zero-order valence-corrected chi connectivity index (χ0v) is 22.1. The van der Waals surface area contributed by atoms with Crippen LogP contribution in [-0.4, -0.2) is 56.4 Å². The number of hydrogen-bond acceptors (Lipinski definition) is 4. The van der Waals surface area contributed by atoms with Crippen LogP contribution in [0.25, 0.3) is 5.57 Å². The lowest BCUT2D eigenvalue weighted by molar-refractivity contribution is -0.122. The number of nitrogens with one attached hydrogen (secondary N) is 1. The van der Waals surface area contributed by atoms with Gasteiger partial charge in [0.2, 0.25) is 5.91 Å². The van der Waals surface area contributed by atoms with Gasteiger partial charge in [0.15, 0.2) is 0 Å². The quantitative estimate of drug-likeness (QED) is 0.489. The molecule has 1 fully saturated rings. The van der Waals surface area contributed by atoms with Gasteiger partial charge in [-0.05, 0) is 73.8 Å². The Hall–Kier alpha value is -2.68. The molecule has 1 amide bonds. The summed E-state index contributed by atoms with van der Waals surface area (Å²) in [5, 5.41) is 0.708. The number of carbonyl (C=O) groups is 1. The fourth-order valence-corrected chi connectivity index (χ4v) is 7.39. The molecular formula is C28H31ClFN3O3S. The number of benzene rings is 2. The summed E-state index contributed by atoms with van der Waals surface area (Å²) in [7, 11) is -4.60. The number of para-hydroxylation sites is 1. The van der Waals surface area contributed by atoms with E-state index in [1.807, 2.05) is 6.07 Å². The molecule has 2 aromatic carbocycles. The van der Waals surface area contributed by atoms with Crippen molar-refractivity contribution in [3.05, 3.63) is 82.9 Å². The first-order valence-electron chi connectivity index (χ1n) is 12.8. The molecule has 1 unspecified atom stereocenters. The predicted octanol–water partition coefficient (Wildman–Crippen LogP) is 4.71. The number of fused-ring (bicyclic) bond motifs is 1. The van der Waals surface area contributed by atoms with Crippen molar-refractivity contribution in [1.29, 1.82) is 0 Å². The third kappa shape index (κ3) is 5.07. The first kappa shape index (κ1) is 25.9. The van der Waals surface area contributed by atoms with E-state index in [9.17, 15) is 13.2 Å². The largest absolute Gasteiger partial charge is 0.354 e. The van der Waals surface area contributed by atoms with Gasteiger partial charge < -0.3 is 10.2 Å². The zero-order valence-electron chi connectivity index (χ0n) is 20.6. The standard InChI is InChI=1S/C28H31ClFN3O3S/c29-24-10-3-2-9-23(24)21-12-14-28(30,15-13-21)37(35,36)33-25-11-4-1-8-22(25)20-26(33)27(34)31-16-7-19-32-17-5-6-18-32/h1-4,8-14,26H,5-7,15-20H2,(H,31,34)/t26-,28?/m0/s1. The average molecular weight is 544 g/mol. The molecule has 2 aromatic rings. The van der Waals surface area contributed by atoms with E-state index in [0.717, 1.165) is 36.4 Å². The van der Waals surface area contributed by atoms with Crippen LogP contribution in [0, 0.1) is 0 Å². The molecule has 37 heavy (non-hydrogen) atoms. The molecule has 0 radical (unpaired) electrons. The van der Waals surface area contributed by atoms with Crippen molar-refractivity contribution in [3.63, 3.8) is 0 Å². The van der Waals surface area contributed by atoms with Crippen LogP contribution in [0.5, 0.6) is 0 Å². The number of sulfonamides is 1. The van der Waals surface area contributed by atoms with Crippen molar-refractivity contribution in [3.8, 4) is 0 Å². The molecule has 5 rings (SSSR count). The fraction of sp³-hybridized carbons (Fsp3) is 0.393. The predicted molar refractivity (Wildman–Crippen MR) is 146 cm³/mol. The van der Waals surface area contributed by atoms with E-state index < -0.39 is 27.0 Å². The lowest BCUT2D eigenvalue weighted by Gasteiger charge is -2.33. The van der Waals surface area contributed by atoms with Crippen LogP contribution in [-0.2, 0) is 21.2 Å². The topological polar surface area (TPSA) is 69.7 Å². The number of halogens is 2. The highest BCUT2D eigenvalue weighted by Gasteiger charge is 2.52. The van der Waals surface area contributed by atoms with Crippen LogP contribution in [0.1, 0.15) is 36.8 Å². The Kier molecular flexibility index (Phi) is 7.43. The Balaban J connectivity index is 1.35. The van der Waals surface area contributed by atoms with E-state index >= 15 is 4.39 Å². The number of amides is 1. The molecule has 0 bridgehead atoms. The highest BCUT2D eigenvalue weighted by Crippen LogP contribution is 2.43. The first-order valence-corrected chi connectivity index (χ1v) is 14.6. The summed E-state index contributed by atoms with van der Waals surface area (Å²) in [6.45, 7) is 3.50. The zero-order chi connectivity index (χ0) is 26.0. The van der Waals surface area contributed by atoms with Gasteiger partial charge in [-0.15, -0.1) is 0 Å². The van der Waals surface area contributed by atoms with Crippen LogP contribution in [0.3, 0.4) is 0 Å². The van der Waals surface area contributed by atoms with E-state index in [1.165, 1.54) is 18.9 Å². The first-order chi connectivity index (χ1) is 17.8. The smallest absolute Gasteiger partial charge is 0.275 e. The Bertz CT molecular complexity index is 1340. The lowest BCUT2D eigenvalue weighted by Crippen LogP contribution is -2.53. The van der Waals surface area contributed by atoms with Gasteiger partial charge in [0, 0.05) is 24.4 Å². The number of likely N-dealkylation sites (tertiary alicyclic amines) is 1. The summed E-state index contributed by atoms with van der Waals surface area (Å²) in [5.41, 5.74) is 2.42. The van der Waals surface area contributed by atoms with Crippen molar-refractivity contribution < 1.29 is 17.6 Å². The van der Waals surface area contributed by atoms with Gasteiger partial charge in [-0.25, -0.2) is 12.8 Å². The number of hydrogen-bond donors (Lipinski definition) is 1. The van der Waals surface area contributed by atoms with Gasteiger partial charge in [-0.3, -0.25) is 9.10 Å². The van der Waals surface area contributed by atoms with Crippen LogP contribution in [0.15, 0.2) is 66.8 Å². The molecule has 196 valence electrons. The van der Waals surface area contributed by atoms with Crippen molar-refractivity contribution in [2.45, 2.75) is 43.1 Å². The third-order valence-corrected chi connectivity index (χ3v) is 9.82. The molecule has 0 aromatic heterocycles.